The number of rotatable bonds is 2. The van der Waals surface area contributed by atoms with Crippen molar-refractivity contribution in [3.05, 3.63) is 27.7 Å². The maximum atomic E-state index is 12.7. The number of hydrogen-bond donors (Lipinski definition) is 1. The zero-order valence-electron chi connectivity index (χ0n) is 11.7. The minimum Gasteiger partial charge on any atom is -0.397 e. The number of anilines is 1. The van der Waals surface area contributed by atoms with Gasteiger partial charge in [-0.15, -0.1) is 0 Å². The van der Waals surface area contributed by atoms with Crippen LogP contribution in [-0.4, -0.2) is 23.4 Å². The smallest absolute Gasteiger partial charge is 0.254 e. The zero-order valence-corrected chi connectivity index (χ0v) is 13.2. The first-order valence-corrected chi connectivity index (χ1v) is 7.85. The van der Waals surface area contributed by atoms with E-state index in [0.717, 1.165) is 25.8 Å². The van der Waals surface area contributed by atoms with Gasteiger partial charge in [0.25, 0.3) is 5.91 Å². The first-order valence-electron chi connectivity index (χ1n) is 7.10. The molecular formula is C15H20Cl2N2O. The van der Waals surface area contributed by atoms with Crippen molar-refractivity contribution in [3.63, 3.8) is 0 Å². The molecule has 5 heteroatoms. The Morgan fingerprint density at radius 3 is 2.75 bits per heavy atom. The Morgan fingerprint density at radius 2 is 2.10 bits per heavy atom. The van der Waals surface area contributed by atoms with E-state index in [1.807, 2.05) is 4.90 Å². The van der Waals surface area contributed by atoms with E-state index in [1.54, 1.807) is 12.1 Å². The SMILES string of the molecule is CCC1CCCCCN1C(=O)c1cc(N)c(Cl)c(Cl)c1. The average molecular weight is 315 g/mol. The van der Waals surface area contributed by atoms with Crippen LogP contribution in [0.4, 0.5) is 5.69 Å². The zero-order chi connectivity index (χ0) is 14.7. The van der Waals surface area contributed by atoms with Crippen LogP contribution >= 0.6 is 23.2 Å². The molecule has 1 saturated heterocycles. The highest BCUT2D eigenvalue weighted by Gasteiger charge is 2.25. The van der Waals surface area contributed by atoms with Crippen molar-refractivity contribution in [1.82, 2.24) is 4.90 Å². The summed E-state index contributed by atoms with van der Waals surface area (Å²) in [5.74, 6) is 0.00372. The van der Waals surface area contributed by atoms with Gasteiger partial charge in [-0.05, 0) is 31.4 Å². The molecule has 1 amide bonds. The van der Waals surface area contributed by atoms with E-state index in [1.165, 1.54) is 12.8 Å². The first kappa shape index (κ1) is 15.5. The Bertz CT molecular complexity index is 482. The molecule has 1 aromatic carbocycles. The molecule has 2 N–H and O–H groups in total. The van der Waals surface area contributed by atoms with Gasteiger partial charge in [0.05, 0.1) is 15.7 Å². The molecule has 0 aromatic heterocycles. The van der Waals surface area contributed by atoms with Crippen LogP contribution in [0.1, 0.15) is 49.4 Å². The molecule has 0 spiro atoms. The summed E-state index contributed by atoms with van der Waals surface area (Å²) in [5, 5.41) is 0.643. The lowest BCUT2D eigenvalue weighted by atomic mass is 10.1. The molecule has 1 heterocycles. The highest BCUT2D eigenvalue weighted by molar-refractivity contribution is 6.43. The Balaban J connectivity index is 2.29. The number of carbonyl (C=O) groups is 1. The molecule has 20 heavy (non-hydrogen) atoms. The van der Waals surface area contributed by atoms with Crippen molar-refractivity contribution in [1.29, 1.82) is 0 Å². The predicted molar refractivity (Wildman–Crippen MR) is 84.5 cm³/mol. The third kappa shape index (κ3) is 3.21. The fourth-order valence-electron chi connectivity index (χ4n) is 2.77. The summed E-state index contributed by atoms with van der Waals surface area (Å²) < 4.78 is 0. The third-order valence-corrected chi connectivity index (χ3v) is 4.73. The second kappa shape index (κ2) is 6.68. The maximum absolute atomic E-state index is 12.7. The molecule has 0 bridgehead atoms. The quantitative estimate of drug-likeness (QED) is 0.824. The van der Waals surface area contributed by atoms with Crippen LogP contribution in [0.3, 0.4) is 0 Å². The van der Waals surface area contributed by atoms with Gasteiger partial charge in [0.1, 0.15) is 0 Å². The third-order valence-electron chi connectivity index (χ3n) is 3.91. The van der Waals surface area contributed by atoms with Gasteiger partial charge in [-0.25, -0.2) is 0 Å². The summed E-state index contributed by atoms with van der Waals surface area (Å²) in [6.45, 7) is 2.93. The van der Waals surface area contributed by atoms with E-state index in [9.17, 15) is 4.79 Å². The maximum Gasteiger partial charge on any atom is 0.254 e. The van der Waals surface area contributed by atoms with E-state index in [-0.39, 0.29) is 5.91 Å². The van der Waals surface area contributed by atoms with Crippen LogP contribution in [0.5, 0.6) is 0 Å². The summed E-state index contributed by atoms with van der Waals surface area (Å²) in [6, 6.07) is 3.54. The van der Waals surface area contributed by atoms with Crippen molar-refractivity contribution < 1.29 is 4.79 Å². The number of benzene rings is 1. The van der Waals surface area contributed by atoms with Gasteiger partial charge < -0.3 is 10.6 Å². The van der Waals surface area contributed by atoms with E-state index in [2.05, 4.69) is 6.92 Å². The summed E-state index contributed by atoms with van der Waals surface area (Å²) >= 11 is 12.0. The highest BCUT2D eigenvalue weighted by Crippen LogP contribution is 2.31. The van der Waals surface area contributed by atoms with Gasteiger partial charge in [-0.2, -0.15) is 0 Å². The number of carbonyl (C=O) groups excluding carboxylic acids is 1. The monoisotopic (exact) mass is 314 g/mol. The molecule has 2 rings (SSSR count). The lowest BCUT2D eigenvalue weighted by molar-refractivity contribution is 0.0678. The van der Waals surface area contributed by atoms with Gasteiger partial charge in [0.15, 0.2) is 0 Å². The normalized spacial score (nSPS) is 19.8. The van der Waals surface area contributed by atoms with E-state index in [0.29, 0.717) is 27.3 Å². The van der Waals surface area contributed by atoms with Gasteiger partial charge in [-0.3, -0.25) is 4.79 Å². The van der Waals surface area contributed by atoms with Crippen molar-refractivity contribution >= 4 is 34.8 Å². The Kier molecular flexibility index (Phi) is 5.17. The summed E-state index contributed by atoms with van der Waals surface area (Å²) in [7, 11) is 0. The average Bonchev–Trinajstić information content (AvgIpc) is 2.68. The molecule has 110 valence electrons. The van der Waals surface area contributed by atoms with Crippen LogP contribution < -0.4 is 5.73 Å². The number of halogens is 2. The molecule has 0 radical (unpaired) electrons. The first-order chi connectivity index (χ1) is 9.54. The number of hydrogen-bond acceptors (Lipinski definition) is 2. The molecular weight excluding hydrogens is 295 g/mol. The second-order valence-corrected chi connectivity index (χ2v) is 6.06. The van der Waals surface area contributed by atoms with E-state index < -0.39 is 0 Å². The van der Waals surface area contributed by atoms with E-state index >= 15 is 0 Å². The van der Waals surface area contributed by atoms with Crippen molar-refractivity contribution in [2.75, 3.05) is 12.3 Å². The Labute approximate surface area is 130 Å². The Hall–Kier alpha value is -0.930. The van der Waals surface area contributed by atoms with Gasteiger partial charge in [-0.1, -0.05) is 43.0 Å². The van der Waals surface area contributed by atoms with Crippen LogP contribution in [-0.2, 0) is 0 Å². The molecule has 1 fully saturated rings. The molecule has 1 aliphatic rings. The molecule has 0 aliphatic carbocycles. The van der Waals surface area contributed by atoms with Crippen LogP contribution in [0.25, 0.3) is 0 Å². The molecule has 1 unspecified atom stereocenters. The number of amides is 1. The van der Waals surface area contributed by atoms with Crippen molar-refractivity contribution in [2.45, 2.75) is 45.1 Å². The number of nitrogen functional groups attached to an aromatic ring is 1. The van der Waals surface area contributed by atoms with Crippen molar-refractivity contribution in [2.24, 2.45) is 0 Å². The molecule has 1 aliphatic heterocycles. The fourth-order valence-corrected chi connectivity index (χ4v) is 3.10. The number of likely N-dealkylation sites (tertiary alicyclic amines) is 1. The molecule has 3 nitrogen and oxygen atoms in total. The Morgan fingerprint density at radius 1 is 1.35 bits per heavy atom. The van der Waals surface area contributed by atoms with Crippen LogP contribution in [0.15, 0.2) is 12.1 Å². The highest BCUT2D eigenvalue weighted by atomic mass is 35.5. The standard InChI is InChI=1S/C15H20Cl2N2O/c1-2-11-6-4-3-5-7-19(11)15(20)10-8-12(16)14(17)13(18)9-10/h8-9,11H,2-7,18H2,1H3. The topological polar surface area (TPSA) is 46.3 Å². The minimum atomic E-state index is 0.00372. The fraction of sp³-hybridized carbons (Fsp3) is 0.533. The van der Waals surface area contributed by atoms with E-state index in [4.69, 9.17) is 28.9 Å². The van der Waals surface area contributed by atoms with Gasteiger partial charge in [0, 0.05) is 18.2 Å². The van der Waals surface area contributed by atoms with Gasteiger partial charge >= 0.3 is 0 Å². The lowest BCUT2D eigenvalue weighted by Crippen LogP contribution is -2.39. The lowest BCUT2D eigenvalue weighted by Gasteiger charge is -2.29. The molecule has 1 atom stereocenters. The second-order valence-electron chi connectivity index (χ2n) is 5.27. The van der Waals surface area contributed by atoms with Crippen LogP contribution in [0.2, 0.25) is 10.0 Å². The minimum absolute atomic E-state index is 0.00372. The van der Waals surface area contributed by atoms with Crippen molar-refractivity contribution in [3.8, 4) is 0 Å². The summed E-state index contributed by atoms with van der Waals surface area (Å²) in [6.07, 6.45) is 5.47. The predicted octanol–water partition coefficient (Wildman–Crippen LogP) is 4.37. The molecule has 1 aromatic rings. The van der Waals surface area contributed by atoms with Crippen LogP contribution in [0, 0.1) is 0 Å². The summed E-state index contributed by atoms with van der Waals surface area (Å²) in [4.78, 5) is 14.7. The van der Waals surface area contributed by atoms with Gasteiger partial charge in [0.2, 0.25) is 0 Å². The largest absolute Gasteiger partial charge is 0.397 e. The number of nitrogens with two attached hydrogens (primary N) is 1. The summed E-state index contributed by atoms with van der Waals surface area (Å²) in [5.41, 5.74) is 6.68. The number of nitrogens with zero attached hydrogens (tertiary/aromatic N) is 1. The molecule has 0 saturated carbocycles.